The van der Waals surface area contributed by atoms with E-state index in [9.17, 15) is 0 Å². The molecule has 0 N–H and O–H groups in total. The van der Waals surface area contributed by atoms with Crippen LogP contribution in [0.3, 0.4) is 0 Å². The van der Waals surface area contributed by atoms with Gasteiger partial charge in [0.05, 0.1) is 13.2 Å². The van der Waals surface area contributed by atoms with Crippen LogP contribution in [0.4, 0.5) is 34.1 Å². The van der Waals surface area contributed by atoms with Gasteiger partial charge < -0.3 is 19.3 Å². The average Bonchev–Trinajstić information content (AvgIpc) is 1.59. The first-order chi connectivity index (χ1) is 45.7. The highest BCUT2D eigenvalue weighted by molar-refractivity contribution is 5.88. The lowest BCUT2D eigenvalue weighted by Crippen LogP contribution is -2.25. The van der Waals surface area contributed by atoms with Gasteiger partial charge in [-0.25, -0.2) is 0 Å². The molecule has 0 unspecified atom stereocenters. The third-order valence-electron chi connectivity index (χ3n) is 19.1. The summed E-state index contributed by atoms with van der Waals surface area (Å²) < 4.78 is 13.4. The lowest BCUT2D eigenvalue weighted by molar-refractivity contribution is 0.303. The summed E-state index contributed by atoms with van der Waals surface area (Å²) in [5.74, 6) is 1.84. The van der Waals surface area contributed by atoms with Gasteiger partial charge in [-0.15, -0.1) is 0 Å². The molecule has 8 aromatic carbocycles. The summed E-state index contributed by atoms with van der Waals surface area (Å²) in [5.41, 5.74) is 22.3. The molecule has 8 aromatic rings. The highest BCUT2D eigenvalue weighted by atomic mass is 16.5. The van der Waals surface area contributed by atoms with Crippen LogP contribution in [0.2, 0.25) is 0 Å². The maximum atomic E-state index is 6.80. The van der Waals surface area contributed by atoms with Gasteiger partial charge in [0.2, 0.25) is 0 Å². The van der Waals surface area contributed by atoms with E-state index in [-0.39, 0.29) is 5.41 Å². The molecule has 0 amide bonds. The topological polar surface area (TPSA) is 24.9 Å². The number of unbranched alkanes of at least 4 members (excludes halogenated alkanes) is 14. The molecule has 486 valence electrons. The Balaban J connectivity index is 1.09. The molecule has 0 aromatic heterocycles. The van der Waals surface area contributed by atoms with E-state index in [2.05, 4.69) is 247 Å². The Morgan fingerprint density at radius 2 is 0.753 bits per heavy atom. The van der Waals surface area contributed by atoms with Crippen LogP contribution in [0, 0.1) is 13.8 Å². The Labute approximate surface area is 562 Å². The molecule has 1 aliphatic rings. The average molecular weight is 1240 g/mol. The van der Waals surface area contributed by atoms with Crippen molar-refractivity contribution in [2.75, 3.05) is 23.0 Å². The third-order valence-corrected chi connectivity index (χ3v) is 19.1. The third kappa shape index (κ3) is 18.6. The van der Waals surface area contributed by atoms with Gasteiger partial charge in [0, 0.05) is 45.1 Å². The fourth-order valence-corrected chi connectivity index (χ4v) is 13.8. The highest BCUT2D eigenvalue weighted by Crippen LogP contribution is 2.56. The summed E-state index contributed by atoms with van der Waals surface area (Å²) in [4.78, 5) is 4.82. The number of rotatable bonds is 40. The number of ether oxygens (including phenoxy) is 2. The Kier molecular flexibility index (Phi) is 27.1. The summed E-state index contributed by atoms with van der Waals surface area (Å²) >= 11 is 0. The van der Waals surface area contributed by atoms with Crippen molar-refractivity contribution in [1.82, 2.24) is 0 Å². The number of benzene rings is 8. The second-order valence-corrected chi connectivity index (χ2v) is 26.2. The van der Waals surface area contributed by atoms with Crippen LogP contribution in [-0.2, 0) is 18.3 Å². The Morgan fingerprint density at radius 3 is 1.22 bits per heavy atom. The minimum atomic E-state index is -0.145. The van der Waals surface area contributed by atoms with E-state index < -0.39 is 0 Å². The zero-order chi connectivity index (χ0) is 65.0. The highest BCUT2D eigenvalue weighted by Gasteiger charge is 2.43. The lowest BCUT2D eigenvalue weighted by atomic mass is 9.70. The summed E-state index contributed by atoms with van der Waals surface area (Å²) in [5, 5.41) is 0. The molecule has 93 heavy (non-hydrogen) atoms. The summed E-state index contributed by atoms with van der Waals surface area (Å²) in [6, 6.07) is 65.4. The Hall–Kier alpha value is -8.08. The standard InChI is InChI=1S/C89H108N2O2/c1-9-15-21-25-27-31-61-89(62-32-28-26-22-16-10-2)85-66-74(45-59-82(85)83-60-46-75(67-86(83)89)84-68-87(92-63-33-29-23-17-11-3)70(8)65-88(84)93-64-34-30-24-18-12-4)73-43-53-79(54-44-73)90(76-47-37-69(7)38-48-76)80-55-57-81(58-56-80)91(77-49-39-71(40-50-77)35-19-13-5)78-51-41-72(42-52-78)36-20-14-6/h11-12,17-18,23-24,37-60,65-68H,3-4,9-10,13-16,19-22,25-36,61-64H2,1-2,5-8H3/b23-17+,24-18+. The Bertz CT molecular complexity index is 3560. The van der Waals surface area contributed by atoms with Crippen molar-refractivity contribution in [3.05, 3.63) is 253 Å². The number of hydrogen-bond acceptors (Lipinski definition) is 4. The predicted octanol–water partition coefficient (Wildman–Crippen LogP) is 26.8. The smallest absolute Gasteiger partial charge is 0.127 e. The molecular formula is C89H108N2O2. The van der Waals surface area contributed by atoms with Crippen LogP contribution in [0.15, 0.2) is 219 Å². The first-order valence-corrected chi connectivity index (χ1v) is 36.0. The van der Waals surface area contributed by atoms with Crippen molar-refractivity contribution in [2.45, 2.75) is 201 Å². The van der Waals surface area contributed by atoms with Crippen LogP contribution < -0.4 is 19.3 Å². The molecule has 0 bridgehead atoms. The van der Waals surface area contributed by atoms with Gasteiger partial charge in [0.15, 0.2) is 0 Å². The van der Waals surface area contributed by atoms with E-state index in [4.69, 9.17) is 9.47 Å². The van der Waals surface area contributed by atoms with E-state index in [0.29, 0.717) is 13.2 Å². The molecule has 1 aliphatic carbocycles. The van der Waals surface area contributed by atoms with Gasteiger partial charge in [-0.3, -0.25) is 0 Å². The van der Waals surface area contributed by atoms with Crippen LogP contribution in [0.1, 0.15) is 202 Å². The van der Waals surface area contributed by atoms with Crippen LogP contribution in [-0.4, -0.2) is 13.2 Å². The summed E-state index contributed by atoms with van der Waals surface area (Å²) in [7, 11) is 0. The Morgan fingerprint density at radius 1 is 0.366 bits per heavy atom. The van der Waals surface area contributed by atoms with Gasteiger partial charge in [-0.2, -0.15) is 0 Å². The molecule has 4 heteroatoms. The molecule has 0 heterocycles. The monoisotopic (exact) mass is 1240 g/mol. The SMILES string of the molecule is C=C/C=C/CCCOc1cc(-c2ccc3c(c2)C(CCCCCCCC)(CCCCCCCC)c2cc(-c4ccc(N(c5ccc(C)cc5)c5ccc(N(c6ccc(CCCC)cc6)c6ccc(CCCC)cc6)cc5)cc4)ccc2-3)c(OCCC/C=C/C=C)cc1C. The maximum absolute atomic E-state index is 6.80. The number of aryl methyl sites for hydroxylation is 4. The molecule has 0 saturated carbocycles. The van der Waals surface area contributed by atoms with Crippen molar-refractivity contribution in [2.24, 2.45) is 0 Å². The molecule has 4 nitrogen and oxygen atoms in total. The zero-order valence-corrected chi connectivity index (χ0v) is 57.6. The number of allylic oxidation sites excluding steroid dienone is 6. The first-order valence-electron chi connectivity index (χ1n) is 36.0. The van der Waals surface area contributed by atoms with Crippen molar-refractivity contribution in [1.29, 1.82) is 0 Å². The fraction of sp³-hybridized carbons (Fsp3) is 0.371. The molecule has 9 rings (SSSR count). The van der Waals surface area contributed by atoms with Crippen LogP contribution in [0.25, 0.3) is 33.4 Å². The van der Waals surface area contributed by atoms with Gasteiger partial charge in [-0.1, -0.05) is 246 Å². The lowest BCUT2D eigenvalue weighted by Gasteiger charge is -2.33. The first kappa shape index (κ1) is 69.3. The molecule has 0 aliphatic heterocycles. The van der Waals surface area contributed by atoms with E-state index in [0.717, 1.165) is 96.7 Å². The van der Waals surface area contributed by atoms with E-state index in [1.54, 1.807) is 0 Å². The van der Waals surface area contributed by atoms with Crippen molar-refractivity contribution >= 4 is 34.1 Å². The van der Waals surface area contributed by atoms with Crippen molar-refractivity contribution in [3.63, 3.8) is 0 Å². The van der Waals surface area contributed by atoms with E-state index in [1.165, 1.54) is 170 Å². The number of fused-ring (bicyclic) bond motifs is 3. The minimum Gasteiger partial charge on any atom is -0.493 e. The van der Waals surface area contributed by atoms with E-state index >= 15 is 0 Å². The van der Waals surface area contributed by atoms with E-state index in [1.807, 2.05) is 24.3 Å². The van der Waals surface area contributed by atoms with Crippen LogP contribution >= 0.6 is 0 Å². The van der Waals surface area contributed by atoms with Gasteiger partial charge in [0.1, 0.15) is 11.5 Å². The summed E-state index contributed by atoms with van der Waals surface area (Å²) in [6.45, 7) is 22.5. The quantitative estimate of drug-likeness (QED) is 0.0282. The maximum Gasteiger partial charge on any atom is 0.127 e. The second kappa shape index (κ2) is 36.4. The molecule has 0 saturated heterocycles. The number of hydrogen-bond donors (Lipinski definition) is 0. The molecule has 0 radical (unpaired) electrons. The van der Waals surface area contributed by atoms with Crippen molar-refractivity contribution < 1.29 is 9.47 Å². The normalized spacial score (nSPS) is 12.3. The second-order valence-electron chi connectivity index (χ2n) is 26.2. The van der Waals surface area contributed by atoms with Crippen LogP contribution in [0.5, 0.6) is 11.5 Å². The summed E-state index contributed by atoms with van der Waals surface area (Å²) in [6.07, 6.45) is 40.3. The fourth-order valence-electron chi connectivity index (χ4n) is 13.8. The van der Waals surface area contributed by atoms with Gasteiger partial charge in [0.25, 0.3) is 0 Å². The molecule has 0 spiro atoms. The number of anilines is 6. The number of nitrogens with zero attached hydrogens (tertiary/aromatic N) is 2. The molecule has 0 fully saturated rings. The van der Waals surface area contributed by atoms with Gasteiger partial charge >= 0.3 is 0 Å². The van der Waals surface area contributed by atoms with Crippen molar-refractivity contribution in [3.8, 4) is 44.9 Å². The largest absolute Gasteiger partial charge is 0.493 e. The minimum absolute atomic E-state index is 0.145. The molecular weight excluding hydrogens is 1130 g/mol. The zero-order valence-electron chi connectivity index (χ0n) is 57.6. The molecule has 0 atom stereocenters. The van der Waals surface area contributed by atoms with Gasteiger partial charge in [-0.05, 0) is 231 Å². The predicted molar refractivity (Wildman–Crippen MR) is 404 cm³/mol.